The molecule has 23 heavy (non-hydrogen) atoms. The maximum atomic E-state index is 13.0. The highest BCUT2D eigenvalue weighted by molar-refractivity contribution is 5.78. The minimum absolute atomic E-state index is 0.0346. The van der Waals surface area contributed by atoms with Gasteiger partial charge in [-0.2, -0.15) is 5.10 Å². The molecule has 0 fully saturated rings. The Kier molecular flexibility index (Phi) is 4.71. The summed E-state index contributed by atoms with van der Waals surface area (Å²) < 4.78 is 20.2. The van der Waals surface area contributed by atoms with Crippen LogP contribution in [0.3, 0.4) is 0 Å². The van der Waals surface area contributed by atoms with Gasteiger partial charge < -0.3 is 9.64 Å². The largest absolute Gasteiger partial charge is 0.384 e. The zero-order valence-electron chi connectivity index (χ0n) is 13.1. The lowest BCUT2D eigenvalue weighted by atomic mass is 10.1. The van der Waals surface area contributed by atoms with Gasteiger partial charge in [0, 0.05) is 32.3 Å². The van der Waals surface area contributed by atoms with Crippen molar-refractivity contribution in [3.63, 3.8) is 0 Å². The van der Waals surface area contributed by atoms with Crippen LogP contribution in [0.2, 0.25) is 0 Å². The molecule has 0 spiro atoms. The third-order valence-electron chi connectivity index (χ3n) is 4.09. The van der Waals surface area contributed by atoms with E-state index in [2.05, 4.69) is 5.10 Å². The quantitative estimate of drug-likeness (QED) is 0.865. The van der Waals surface area contributed by atoms with Crippen molar-refractivity contribution in [3.05, 3.63) is 53.6 Å². The first kappa shape index (κ1) is 15.7. The van der Waals surface area contributed by atoms with Crippen molar-refractivity contribution in [2.75, 3.05) is 20.3 Å². The van der Waals surface area contributed by atoms with Crippen LogP contribution in [0.1, 0.15) is 11.3 Å². The number of carbonyl (C=O) groups is 1. The maximum absolute atomic E-state index is 13.0. The van der Waals surface area contributed by atoms with Gasteiger partial charge in [0.15, 0.2) is 0 Å². The molecule has 1 atom stereocenters. The number of nitrogens with zero attached hydrogens (tertiary/aromatic N) is 3. The molecular formula is C17H20FN3O2. The minimum Gasteiger partial charge on any atom is -0.384 e. The molecule has 1 unspecified atom stereocenters. The first-order valence-corrected chi connectivity index (χ1v) is 7.67. The summed E-state index contributed by atoms with van der Waals surface area (Å²) in [5, 5.41) is 4.32. The van der Waals surface area contributed by atoms with Gasteiger partial charge in [0.2, 0.25) is 5.91 Å². The average molecular weight is 317 g/mol. The second kappa shape index (κ2) is 6.91. The molecular weight excluding hydrogens is 297 g/mol. The molecule has 2 aromatic rings. The number of ether oxygens (including phenoxy) is 1. The number of aromatic nitrogens is 2. The van der Waals surface area contributed by atoms with Gasteiger partial charge in [0.25, 0.3) is 0 Å². The van der Waals surface area contributed by atoms with Crippen LogP contribution >= 0.6 is 0 Å². The fourth-order valence-electron chi connectivity index (χ4n) is 2.95. The fraction of sp³-hybridized carbons (Fsp3) is 0.412. The van der Waals surface area contributed by atoms with Crippen LogP contribution in [0, 0.1) is 11.7 Å². The lowest BCUT2D eigenvalue weighted by molar-refractivity contribution is -0.131. The van der Waals surface area contributed by atoms with Crippen molar-refractivity contribution in [1.82, 2.24) is 14.7 Å². The second-order valence-corrected chi connectivity index (χ2v) is 5.90. The molecule has 2 heterocycles. The van der Waals surface area contributed by atoms with Crippen molar-refractivity contribution >= 4 is 5.91 Å². The third kappa shape index (κ3) is 3.76. The van der Waals surface area contributed by atoms with Crippen molar-refractivity contribution in [2.24, 2.45) is 5.92 Å². The molecule has 0 aliphatic carbocycles. The Hall–Kier alpha value is -2.21. The molecule has 6 heteroatoms. The van der Waals surface area contributed by atoms with Crippen LogP contribution in [0.5, 0.6) is 0 Å². The van der Waals surface area contributed by atoms with Gasteiger partial charge in [0.05, 0.1) is 25.3 Å². The Morgan fingerprint density at radius 1 is 1.30 bits per heavy atom. The van der Waals surface area contributed by atoms with Gasteiger partial charge in [-0.1, -0.05) is 12.1 Å². The number of methoxy groups -OCH3 is 1. The number of benzene rings is 1. The summed E-state index contributed by atoms with van der Waals surface area (Å²) in [4.78, 5) is 14.5. The highest BCUT2D eigenvalue weighted by atomic mass is 19.1. The monoisotopic (exact) mass is 317 g/mol. The number of hydrogen-bond acceptors (Lipinski definition) is 3. The van der Waals surface area contributed by atoms with Crippen molar-refractivity contribution < 1.29 is 13.9 Å². The van der Waals surface area contributed by atoms with Gasteiger partial charge in [-0.25, -0.2) is 4.39 Å². The van der Waals surface area contributed by atoms with E-state index < -0.39 is 0 Å². The number of amides is 1. The van der Waals surface area contributed by atoms with Gasteiger partial charge >= 0.3 is 0 Å². The second-order valence-electron chi connectivity index (χ2n) is 5.90. The Labute approximate surface area is 134 Å². The molecule has 0 bridgehead atoms. The van der Waals surface area contributed by atoms with Gasteiger partial charge in [-0.3, -0.25) is 9.48 Å². The first-order valence-electron chi connectivity index (χ1n) is 7.67. The maximum Gasteiger partial charge on any atom is 0.227 e. The summed E-state index contributed by atoms with van der Waals surface area (Å²) in [7, 11) is 1.67. The SMILES string of the molecule is COCC1CN(C(=O)Cc2ccc(F)cc2)Cc2ccnn2C1. The fourth-order valence-corrected chi connectivity index (χ4v) is 2.95. The number of carbonyl (C=O) groups excluding carboxylic acids is 1. The van der Waals surface area contributed by atoms with Gasteiger partial charge in [0.1, 0.15) is 5.82 Å². The van der Waals surface area contributed by atoms with E-state index in [1.807, 2.05) is 15.6 Å². The van der Waals surface area contributed by atoms with Gasteiger partial charge in [-0.15, -0.1) is 0 Å². The van der Waals surface area contributed by atoms with E-state index >= 15 is 0 Å². The smallest absolute Gasteiger partial charge is 0.227 e. The molecule has 0 saturated carbocycles. The number of rotatable bonds is 4. The molecule has 0 saturated heterocycles. The van der Waals surface area contributed by atoms with Crippen LogP contribution in [0.15, 0.2) is 36.5 Å². The predicted octanol–water partition coefficient (Wildman–Crippen LogP) is 1.87. The molecule has 122 valence electrons. The van der Waals surface area contributed by atoms with E-state index in [4.69, 9.17) is 4.74 Å². The molecule has 1 aromatic carbocycles. The molecule has 5 nitrogen and oxygen atoms in total. The number of hydrogen-bond donors (Lipinski definition) is 0. The van der Waals surface area contributed by atoms with Crippen LogP contribution in [0.25, 0.3) is 0 Å². The van der Waals surface area contributed by atoms with E-state index in [9.17, 15) is 9.18 Å². The Morgan fingerprint density at radius 3 is 2.83 bits per heavy atom. The highest BCUT2D eigenvalue weighted by Crippen LogP contribution is 2.17. The summed E-state index contributed by atoms with van der Waals surface area (Å²) in [6.07, 6.45) is 2.03. The van der Waals surface area contributed by atoms with Crippen molar-refractivity contribution in [3.8, 4) is 0 Å². The highest BCUT2D eigenvalue weighted by Gasteiger charge is 2.25. The summed E-state index contributed by atoms with van der Waals surface area (Å²) in [5.74, 6) is -0.0503. The van der Waals surface area contributed by atoms with Crippen molar-refractivity contribution in [2.45, 2.75) is 19.5 Å². The summed E-state index contributed by atoms with van der Waals surface area (Å²) >= 11 is 0. The standard InChI is InChI=1S/C17H20FN3O2/c1-23-12-14-9-20(11-16-6-7-19-21(16)10-14)17(22)8-13-2-4-15(18)5-3-13/h2-7,14H,8-12H2,1H3. The molecule has 1 aromatic heterocycles. The molecule has 1 aliphatic rings. The number of halogens is 1. The molecule has 0 radical (unpaired) electrons. The van der Waals surface area contributed by atoms with Gasteiger partial charge in [-0.05, 0) is 23.8 Å². The number of fused-ring (bicyclic) bond motifs is 1. The van der Waals surface area contributed by atoms with Crippen LogP contribution in [-0.4, -0.2) is 40.8 Å². The third-order valence-corrected chi connectivity index (χ3v) is 4.09. The van der Waals surface area contributed by atoms with Crippen LogP contribution in [0.4, 0.5) is 4.39 Å². The zero-order valence-corrected chi connectivity index (χ0v) is 13.1. The van der Waals surface area contributed by atoms with E-state index in [0.717, 1.165) is 17.8 Å². The van der Waals surface area contributed by atoms with E-state index in [0.29, 0.717) is 19.7 Å². The molecule has 1 amide bonds. The van der Waals surface area contributed by atoms with E-state index in [1.165, 1.54) is 12.1 Å². The van der Waals surface area contributed by atoms with Crippen LogP contribution in [-0.2, 0) is 29.0 Å². The Balaban J connectivity index is 1.74. The average Bonchev–Trinajstić information content (AvgIpc) is 2.88. The summed E-state index contributed by atoms with van der Waals surface area (Å²) in [6, 6.07) is 8.01. The summed E-state index contributed by atoms with van der Waals surface area (Å²) in [6.45, 7) is 2.51. The molecule has 3 rings (SSSR count). The van der Waals surface area contributed by atoms with E-state index in [-0.39, 0.29) is 24.1 Å². The first-order chi connectivity index (χ1) is 11.2. The lowest BCUT2D eigenvalue weighted by Crippen LogP contribution is -2.36. The molecule has 1 aliphatic heterocycles. The predicted molar refractivity (Wildman–Crippen MR) is 83.1 cm³/mol. The van der Waals surface area contributed by atoms with Crippen LogP contribution < -0.4 is 0 Å². The normalized spacial score (nSPS) is 17.7. The van der Waals surface area contributed by atoms with E-state index in [1.54, 1.807) is 25.4 Å². The Bertz CT molecular complexity index is 669. The summed E-state index contributed by atoms with van der Waals surface area (Å²) in [5.41, 5.74) is 1.84. The molecule has 0 N–H and O–H groups in total. The zero-order chi connectivity index (χ0) is 16.2. The van der Waals surface area contributed by atoms with Crippen molar-refractivity contribution in [1.29, 1.82) is 0 Å². The Morgan fingerprint density at radius 2 is 2.09 bits per heavy atom. The topological polar surface area (TPSA) is 47.4 Å². The minimum atomic E-state index is -0.292. The lowest BCUT2D eigenvalue weighted by Gasteiger charge is -2.24.